The highest BCUT2D eigenvalue weighted by Crippen LogP contribution is 2.33. The molecule has 6 heteroatoms. The summed E-state index contributed by atoms with van der Waals surface area (Å²) in [4.78, 5) is 10.6. The van der Waals surface area contributed by atoms with Crippen molar-refractivity contribution in [2.24, 2.45) is 5.73 Å². The number of alkyl halides is 2. The summed E-state index contributed by atoms with van der Waals surface area (Å²) in [6.45, 7) is 0. The van der Waals surface area contributed by atoms with Crippen LogP contribution in [0.4, 0.5) is 13.2 Å². The van der Waals surface area contributed by atoms with E-state index in [1.807, 2.05) is 0 Å². The summed E-state index contributed by atoms with van der Waals surface area (Å²) < 4.78 is 43.7. The lowest BCUT2D eigenvalue weighted by Crippen LogP contribution is -2.41. The summed E-state index contributed by atoms with van der Waals surface area (Å²) in [6, 6.07) is 4.22. The van der Waals surface area contributed by atoms with Gasteiger partial charge in [0.1, 0.15) is 5.82 Å². The predicted molar refractivity (Wildman–Crippen MR) is 50.3 cm³/mol. The van der Waals surface area contributed by atoms with Gasteiger partial charge < -0.3 is 10.5 Å². The van der Waals surface area contributed by atoms with Crippen molar-refractivity contribution in [3.8, 4) is 0 Å². The number of carbonyl (C=O) groups excluding carboxylic acids is 1. The van der Waals surface area contributed by atoms with Gasteiger partial charge in [-0.15, -0.1) is 0 Å². The van der Waals surface area contributed by atoms with E-state index >= 15 is 0 Å². The Kier molecular flexibility index (Phi) is 3.54. The van der Waals surface area contributed by atoms with Gasteiger partial charge in [0.2, 0.25) is 0 Å². The second-order valence-corrected chi connectivity index (χ2v) is 3.15. The Morgan fingerprint density at radius 3 is 2.25 bits per heavy atom. The van der Waals surface area contributed by atoms with Crippen LogP contribution in [-0.2, 0) is 9.53 Å². The molecule has 0 spiro atoms. The van der Waals surface area contributed by atoms with Crippen molar-refractivity contribution in [3.63, 3.8) is 0 Å². The highest BCUT2D eigenvalue weighted by atomic mass is 19.3. The second kappa shape index (κ2) is 4.52. The first-order chi connectivity index (χ1) is 7.39. The zero-order valence-corrected chi connectivity index (χ0v) is 8.41. The van der Waals surface area contributed by atoms with Gasteiger partial charge in [-0.2, -0.15) is 8.78 Å². The summed E-state index contributed by atoms with van der Waals surface area (Å²) in [5.74, 6) is -6.20. The SMILES string of the molecule is COC(c1ccc(F)cc1)C(F)(F)C(N)=O. The Hall–Kier alpha value is -1.56. The van der Waals surface area contributed by atoms with Gasteiger partial charge in [0.05, 0.1) is 0 Å². The molecule has 1 amide bonds. The molecule has 0 fully saturated rings. The van der Waals surface area contributed by atoms with Crippen molar-refractivity contribution in [1.29, 1.82) is 0 Å². The number of ether oxygens (including phenoxy) is 1. The van der Waals surface area contributed by atoms with Crippen LogP contribution in [0.15, 0.2) is 24.3 Å². The van der Waals surface area contributed by atoms with Gasteiger partial charge >= 0.3 is 5.92 Å². The minimum absolute atomic E-state index is 0.0206. The maximum absolute atomic E-state index is 13.3. The first kappa shape index (κ1) is 12.5. The molecule has 88 valence electrons. The number of nitrogens with two attached hydrogens (primary N) is 1. The van der Waals surface area contributed by atoms with Gasteiger partial charge in [0.25, 0.3) is 5.91 Å². The van der Waals surface area contributed by atoms with E-state index in [2.05, 4.69) is 10.5 Å². The molecule has 0 aliphatic heterocycles. The molecule has 1 aromatic rings. The van der Waals surface area contributed by atoms with Gasteiger partial charge in [-0.25, -0.2) is 4.39 Å². The zero-order valence-electron chi connectivity index (χ0n) is 8.41. The third-order valence-corrected chi connectivity index (χ3v) is 2.07. The van der Waals surface area contributed by atoms with Gasteiger partial charge in [-0.3, -0.25) is 4.79 Å². The molecule has 0 aliphatic rings. The fourth-order valence-electron chi connectivity index (χ4n) is 1.26. The molecular weight excluding hydrogens is 223 g/mol. The lowest BCUT2D eigenvalue weighted by molar-refractivity contribution is -0.165. The summed E-state index contributed by atoms with van der Waals surface area (Å²) in [7, 11) is 1.02. The van der Waals surface area contributed by atoms with E-state index in [-0.39, 0.29) is 5.56 Å². The average molecular weight is 233 g/mol. The van der Waals surface area contributed by atoms with Crippen molar-refractivity contribution in [1.82, 2.24) is 0 Å². The standard InChI is InChI=1S/C10H10F3NO2/c1-16-8(10(12,13)9(14)15)6-2-4-7(11)5-3-6/h2-5,8H,1H3,(H2,14,15). The molecule has 0 heterocycles. The van der Waals surface area contributed by atoms with Crippen molar-refractivity contribution in [3.05, 3.63) is 35.6 Å². The number of hydrogen-bond acceptors (Lipinski definition) is 2. The molecule has 0 radical (unpaired) electrons. The van der Waals surface area contributed by atoms with Crippen LogP contribution in [0.2, 0.25) is 0 Å². The normalized spacial score (nSPS) is 13.5. The van der Waals surface area contributed by atoms with E-state index < -0.39 is 23.8 Å². The molecule has 0 saturated carbocycles. The maximum atomic E-state index is 13.3. The number of rotatable bonds is 4. The average Bonchev–Trinajstić information content (AvgIpc) is 2.21. The molecule has 0 bridgehead atoms. The Bertz CT molecular complexity index is 378. The zero-order chi connectivity index (χ0) is 12.3. The monoisotopic (exact) mass is 233 g/mol. The van der Waals surface area contributed by atoms with E-state index in [9.17, 15) is 18.0 Å². The van der Waals surface area contributed by atoms with Gasteiger partial charge in [0, 0.05) is 7.11 Å². The number of primary amides is 1. The summed E-state index contributed by atoms with van der Waals surface area (Å²) in [5, 5.41) is 0. The van der Waals surface area contributed by atoms with E-state index in [4.69, 9.17) is 0 Å². The third kappa shape index (κ3) is 2.33. The number of amides is 1. The molecule has 1 atom stereocenters. The molecule has 0 aromatic heterocycles. The van der Waals surface area contributed by atoms with Crippen LogP contribution >= 0.6 is 0 Å². The molecule has 0 aliphatic carbocycles. The maximum Gasteiger partial charge on any atom is 0.353 e. The van der Waals surface area contributed by atoms with Crippen LogP contribution in [0.1, 0.15) is 11.7 Å². The number of halogens is 3. The third-order valence-electron chi connectivity index (χ3n) is 2.07. The Morgan fingerprint density at radius 1 is 1.38 bits per heavy atom. The van der Waals surface area contributed by atoms with Crippen LogP contribution in [0.3, 0.4) is 0 Å². The molecule has 1 unspecified atom stereocenters. The first-order valence-corrected chi connectivity index (χ1v) is 4.35. The second-order valence-electron chi connectivity index (χ2n) is 3.15. The number of methoxy groups -OCH3 is 1. The molecule has 16 heavy (non-hydrogen) atoms. The molecule has 3 nitrogen and oxygen atoms in total. The fraction of sp³-hybridized carbons (Fsp3) is 0.300. The van der Waals surface area contributed by atoms with Crippen molar-refractivity contribution >= 4 is 5.91 Å². The number of hydrogen-bond donors (Lipinski definition) is 1. The number of benzene rings is 1. The summed E-state index contributed by atoms with van der Waals surface area (Å²) in [6.07, 6.45) is -1.81. The van der Waals surface area contributed by atoms with Crippen LogP contribution < -0.4 is 5.73 Å². The summed E-state index contributed by atoms with van der Waals surface area (Å²) >= 11 is 0. The summed E-state index contributed by atoms with van der Waals surface area (Å²) in [5.41, 5.74) is 4.55. The Morgan fingerprint density at radius 2 is 1.88 bits per heavy atom. The van der Waals surface area contributed by atoms with E-state index in [1.165, 1.54) is 0 Å². The van der Waals surface area contributed by atoms with Gasteiger partial charge in [0.15, 0.2) is 6.10 Å². The topological polar surface area (TPSA) is 52.3 Å². The van der Waals surface area contributed by atoms with Crippen LogP contribution in [-0.4, -0.2) is 18.9 Å². The Labute approximate surface area is 90.0 Å². The highest BCUT2D eigenvalue weighted by Gasteiger charge is 2.47. The van der Waals surface area contributed by atoms with Crippen LogP contribution in [0.25, 0.3) is 0 Å². The minimum atomic E-state index is -3.84. The lowest BCUT2D eigenvalue weighted by atomic mass is 10.0. The van der Waals surface area contributed by atoms with Crippen molar-refractivity contribution in [2.75, 3.05) is 7.11 Å². The molecule has 1 aromatic carbocycles. The van der Waals surface area contributed by atoms with Gasteiger partial charge in [-0.1, -0.05) is 12.1 Å². The fourth-order valence-corrected chi connectivity index (χ4v) is 1.26. The highest BCUT2D eigenvalue weighted by molar-refractivity contribution is 5.82. The molecular formula is C10H10F3NO2. The Balaban J connectivity index is 3.07. The van der Waals surface area contributed by atoms with Crippen molar-refractivity contribution < 1.29 is 22.7 Å². The quantitative estimate of drug-likeness (QED) is 0.859. The molecule has 1 rings (SSSR count). The number of carbonyl (C=O) groups is 1. The first-order valence-electron chi connectivity index (χ1n) is 4.35. The van der Waals surface area contributed by atoms with Gasteiger partial charge in [-0.05, 0) is 17.7 Å². The van der Waals surface area contributed by atoms with E-state index in [0.717, 1.165) is 31.4 Å². The van der Waals surface area contributed by atoms with Crippen LogP contribution in [0.5, 0.6) is 0 Å². The predicted octanol–water partition coefficient (Wildman–Crippen LogP) is 1.63. The minimum Gasteiger partial charge on any atom is -0.370 e. The largest absolute Gasteiger partial charge is 0.370 e. The smallest absolute Gasteiger partial charge is 0.353 e. The van der Waals surface area contributed by atoms with E-state index in [0.29, 0.717) is 0 Å². The molecule has 0 saturated heterocycles. The van der Waals surface area contributed by atoms with Crippen LogP contribution in [0, 0.1) is 5.82 Å². The lowest BCUT2D eigenvalue weighted by Gasteiger charge is -2.23. The van der Waals surface area contributed by atoms with Crippen molar-refractivity contribution in [2.45, 2.75) is 12.0 Å². The van der Waals surface area contributed by atoms with E-state index in [1.54, 1.807) is 0 Å². The molecule has 2 N–H and O–H groups in total.